The van der Waals surface area contributed by atoms with Crippen molar-refractivity contribution in [2.45, 2.75) is 52.1 Å². The molecule has 1 aliphatic rings. The van der Waals surface area contributed by atoms with E-state index in [-0.39, 0.29) is 17.7 Å². The summed E-state index contributed by atoms with van der Waals surface area (Å²) in [6.07, 6.45) is 1.86. The Hall–Kier alpha value is -3.15. The molecule has 2 amide bonds. The van der Waals surface area contributed by atoms with Crippen LogP contribution in [0, 0.1) is 5.92 Å². The first-order valence-corrected chi connectivity index (χ1v) is 10.4. The lowest BCUT2D eigenvalue weighted by Crippen LogP contribution is -2.30. The Morgan fingerprint density at radius 3 is 2.30 bits per heavy atom. The highest BCUT2D eigenvalue weighted by molar-refractivity contribution is 5.98. The molecule has 0 aliphatic heterocycles. The maximum absolute atomic E-state index is 12.6. The van der Waals surface area contributed by atoms with Gasteiger partial charge in [-0.15, -0.1) is 0 Å². The van der Waals surface area contributed by atoms with Crippen LogP contribution in [0.4, 0.5) is 11.4 Å². The smallest absolute Gasteiger partial charge is 0.338 e. The van der Waals surface area contributed by atoms with E-state index in [4.69, 9.17) is 4.74 Å². The normalized spacial score (nSPS) is 15.0. The first-order chi connectivity index (χ1) is 14.4. The van der Waals surface area contributed by atoms with Gasteiger partial charge in [0.15, 0.2) is 6.10 Å². The van der Waals surface area contributed by atoms with Crippen molar-refractivity contribution in [1.29, 1.82) is 0 Å². The number of amides is 2. The molecule has 1 saturated carbocycles. The molecule has 1 aliphatic carbocycles. The van der Waals surface area contributed by atoms with Gasteiger partial charge in [0.25, 0.3) is 5.91 Å². The standard InChI is InChI=1S/C24H28N2O4/c1-4-15(2)20-7-5-6-8-21(20)26-22(27)16(3)30-24(29)18-11-13-19(14-12-18)25-23(28)17-9-10-17/h5-8,11-17H,4,9-10H2,1-3H3,(H,25,28)(H,26,27). The van der Waals surface area contributed by atoms with Crippen LogP contribution < -0.4 is 10.6 Å². The second kappa shape index (κ2) is 9.57. The van der Waals surface area contributed by atoms with E-state index in [1.165, 1.54) is 0 Å². The molecular weight excluding hydrogens is 380 g/mol. The maximum Gasteiger partial charge on any atom is 0.338 e. The van der Waals surface area contributed by atoms with Crippen LogP contribution in [-0.2, 0) is 14.3 Å². The van der Waals surface area contributed by atoms with Gasteiger partial charge in [-0.3, -0.25) is 9.59 Å². The maximum atomic E-state index is 12.6. The van der Waals surface area contributed by atoms with Crippen LogP contribution in [0.25, 0.3) is 0 Å². The molecule has 158 valence electrons. The van der Waals surface area contributed by atoms with Gasteiger partial charge in [-0.1, -0.05) is 32.0 Å². The third kappa shape index (κ3) is 5.47. The minimum absolute atomic E-state index is 0.00768. The summed E-state index contributed by atoms with van der Waals surface area (Å²) in [5.74, 6) is -0.550. The summed E-state index contributed by atoms with van der Waals surface area (Å²) in [4.78, 5) is 36.7. The number of anilines is 2. The predicted octanol–water partition coefficient (Wildman–Crippen LogP) is 4.73. The Labute approximate surface area is 177 Å². The van der Waals surface area contributed by atoms with Crippen molar-refractivity contribution in [3.8, 4) is 0 Å². The van der Waals surface area contributed by atoms with Gasteiger partial charge in [-0.05, 0) is 68.0 Å². The number of benzene rings is 2. The van der Waals surface area contributed by atoms with E-state index in [0.29, 0.717) is 17.2 Å². The molecule has 0 radical (unpaired) electrons. The first-order valence-electron chi connectivity index (χ1n) is 10.4. The summed E-state index contributed by atoms with van der Waals surface area (Å²) >= 11 is 0. The molecular formula is C24H28N2O4. The van der Waals surface area contributed by atoms with Gasteiger partial charge in [0.05, 0.1) is 5.56 Å². The highest BCUT2D eigenvalue weighted by Gasteiger charge is 2.29. The number of rotatable bonds is 8. The average molecular weight is 408 g/mol. The molecule has 2 N–H and O–H groups in total. The van der Waals surface area contributed by atoms with Gasteiger partial charge in [0, 0.05) is 17.3 Å². The van der Waals surface area contributed by atoms with Crippen molar-refractivity contribution in [1.82, 2.24) is 0 Å². The summed E-state index contributed by atoms with van der Waals surface area (Å²) in [6, 6.07) is 14.1. The summed E-state index contributed by atoms with van der Waals surface area (Å²) in [5, 5.41) is 5.69. The van der Waals surface area contributed by atoms with Crippen LogP contribution in [0.5, 0.6) is 0 Å². The predicted molar refractivity (Wildman–Crippen MR) is 116 cm³/mol. The number of ether oxygens (including phenoxy) is 1. The number of hydrogen-bond donors (Lipinski definition) is 2. The van der Waals surface area contributed by atoms with Crippen LogP contribution in [-0.4, -0.2) is 23.9 Å². The molecule has 1 fully saturated rings. The van der Waals surface area contributed by atoms with E-state index in [2.05, 4.69) is 24.5 Å². The largest absolute Gasteiger partial charge is 0.449 e. The molecule has 6 heteroatoms. The van der Waals surface area contributed by atoms with Gasteiger partial charge in [0.2, 0.25) is 5.91 Å². The van der Waals surface area contributed by atoms with Crippen LogP contribution >= 0.6 is 0 Å². The van der Waals surface area contributed by atoms with Gasteiger partial charge in [0.1, 0.15) is 0 Å². The molecule has 2 atom stereocenters. The lowest BCUT2D eigenvalue weighted by atomic mass is 9.97. The quantitative estimate of drug-likeness (QED) is 0.618. The molecule has 0 saturated heterocycles. The van der Waals surface area contributed by atoms with Crippen molar-refractivity contribution < 1.29 is 19.1 Å². The van der Waals surface area contributed by atoms with E-state index >= 15 is 0 Å². The first kappa shape index (κ1) is 21.6. The molecule has 0 aromatic heterocycles. The lowest BCUT2D eigenvalue weighted by Gasteiger charge is -2.18. The monoisotopic (exact) mass is 408 g/mol. The Balaban J connectivity index is 1.57. The highest BCUT2D eigenvalue weighted by Crippen LogP contribution is 2.30. The lowest BCUT2D eigenvalue weighted by molar-refractivity contribution is -0.123. The number of hydrogen-bond acceptors (Lipinski definition) is 4. The van der Waals surface area contributed by atoms with Gasteiger partial charge < -0.3 is 15.4 Å². The Morgan fingerprint density at radius 1 is 1.00 bits per heavy atom. The Kier molecular flexibility index (Phi) is 6.87. The van der Waals surface area contributed by atoms with Crippen LogP contribution in [0.3, 0.4) is 0 Å². The summed E-state index contributed by atoms with van der Waals surface area (Å²) < 4.78 is 5.33. The van der Waals surface area contributed by atoms with E-state index in [1.807, 2.05) is 24.3 Å². The molecule has 3 rings (SSSR count). The second-order valence-electron chi connectivity index (χ2n) is 7.77. The molecule has 6 nitrogen and oxygen atoms in total. The van der Waals surface area contributed by atoms with Gasteiger partial charge in [-0.25, -0.2) is 4.79 Å². The summed E-state index contributed by atoms with van der Waals surface area (Å²) in [7, 11) is 0. The SMILES string of the molecule is CCC(C)c1ccccc1NC(=O)C(C)OC(=O)c1ccc(NC(=O)C2CC2)cc1. The van der Waals surface area contributed by atoms with Crippen molar-refractivity contribution >= 4 is 29.2 Å². The summed E-state index contributed by atoms with van der Waals surface area (Å²) in [5.41, 5.74) is 2.74. The zero-order chi connectivity index (χ0) is 21.7. The van der Waals surface area contributed by atoms with E-state index in [0.717, 1.165) is 30.5 Å². The molecule has 2 unspecified atom stereocenters. The van der Waals surface area contributed by atoms with E-state index < -0.39 is 12.1 Å². The summed E-state index contributed by atoms with van der Waals surface area (Å²) in [6.45, 7) is 5.74. The fraction of sp³-hybridized carbons (Fsp3) is 0.375. The third-order valence-electron chi connectivity index (χ3n) is 5.35. The molecule has 30 heavy (non-hydrogen) atoms. The molecule has 2 aromatic carbocycles. The zero-order valence-electron chi connectivity index (χ0n) is 17.6. The van der Waals surface area contributed by atoms with Crippen LogP contribution in [0.2, 0.25) is 0 Å². The number of nitrogens with one attached hydrogen (secondary N) is 2. The van der Waals surface area contributed by atoms with Gasteiger partial charge >= 0.3 is 5.97 Å². The fourth-order valence-electron chi connectivity index (χ4n) is 3.06. The number of esters is 1. The van der Waals surface area contributed by atoms with Crippen molar-refractivity contribution in [3.05, 3.63) is 59.7 Å². The number of carbonyl (C=O) groups excluding carboxylic acids is 3. The van der Waals surface area contributed by atoms with E-state index in [1.54, 1.807) is 31.2 Å². The van der Waals surface area contributed by atoms with Crippen molar-refractivity contribution in [2.75, 3.05) is 10.6 Å². The molecule has 0 heterocycles. The topological polar surface area (TPSA) is 84.5 Å². The average Bonchev–Trinajstić information content (AvgIpc) is 3.59. The van der Waals surface area contributed by atoms with Crippen molar-refractivity contribution in [2.24, 2.45) is 5.92 Å². The van der Waals surface area contributed by atoms with Gasteiger partial charge in [-0.2, -0.15) is 0 Å². The minimum atomic E-state index is -0.947. The molecule has 2 aromatic rings. The van der Waals surface area contributed by atoms with Crippen LogP contribution in [0.15, 0.2) is 48.5 Å². The van der Waals surface area contributed by atoms with Crippen molar-refractivity contribution in [3.63, 3.8) is 0 Å². The number of carbonyl (C=O) groups is 3. The number of para-hydroxylation sites is 1. The minimum Gasteiger partial charge on any atom is -0.449 e. The Bertz CT molecular complexity index is 919. The Morgan fingerprint density at radius 2 is 1.67 bits per heavy atom. The second-order valence-corrected chi connectivity index (χ2v) is 7.77. The fourth-order valence-corrected chi connectivity index (χ4v) is 3.06. The zero-order valence-corrected chi connectivity index (χ0v) is 17.6. The molecule has 0 bridgehead atoms. The third-order valence-corrected chi connectivity index (χ3v) is 5.35. The van der Waals surface area contributed by atoms with Crippen LogP contribution in [0.1, 0.15) is 61.9 Å². The van der Waals surface area contributed by atoms with E-state index in [9.17, 15) is 14.4 Å². The molecule has 0 spiro atoms. The highest BCUT2D eigenvalue weighted by atomic mass is 16.5.